The van der Waals surface area contributed by atoms with Crippen molar-refractivity contribution in [1.82, 2.24) is 15.2 Å². The Hall–Kier alpha value is -1.95. The monoisotopic (exact) mass is 261 g/mol. The van der Waals surface area contributed by atoms with Crippen molar-refractivity contribution in [2.24, 2.45) is 0 Å². The molecule has 0 saturated heterocycles. The lowest BCUT2D eigenvalue weighted by molar-refractivity contribution is 0.0696. The highest BCUT2D eigenvalue weighted by molar-refractivity contribution is 7.99. The molecule has 0 aliphatic rings. The zero-order chi connectivity index (χ0) is 13.1. The zero-order valence-electron chi connectivity index (χ0n) is 9.91. The van der Waals surface area contributed by atoms with Gasteiger partial charge in [-0.2, -0.15) is 5.10 Å². The van der Waals surface area contributed by atoms with Gasteiger partial charge in [-0.1, -0.05) is 6.07 Å². The number of hydrogen-bond donors (Lipinski definition) is 1. The first kappa shape index (κ1) is 12.5. The molecule has 1 aromatic carbocycles. The molecule has 0 atom stereocenters. The number of carboxylic acid groups (broad SMARTS) is 1. The number of carbonyl (C=O) groups is 1. The quantitative estimate of drug-likeness (QED) is 0.913. The van der Waals surface area contributed by atoms with Crippen LogP contribution in [0.4, 0.5) is 0 Å². The lowest BCUT2D eigenvalue weighted by Gasteiger charge is -2.02. The van der Waals surface area contributed by atoms with Crippen LogP contribution >= 0.6 is 11.8 Å². The van der Waals surface area contributed by atoms with Crippen LogP contribution < -0.4 is 0 Å². The van der Waals surface area contributed by atoms with Crippen LogP contribution in [0.5, 0.6) is 0 Å². The Morgan fingerprint density at radius 2 is 2.00 bits per heavy atom. The molecule has 1 heterocycles. The highest BCUT2D eigenvalue weighted by Crippen LogP contribution is 2.25. The number of aromatic carboxylic acids is 1. The van der Waals surface area contributed by atoms with E-state index in [1.54, 1.807) is 18.2 Å². The molecule has 1 N–H and O–H groups in total. The van der Waals surface area contributed by atoms with E-state index in [1.165, 1.54) is 11.8 Å². The van der Waals surface area contributed by atoms with Crippen LogP contribution in [-0.2, 0) is 0 Å². The molecule has 0 aliphatic carbocycles. The first-order chi connectivity index (χ1) is 8.56. The number of rotatable bonds is 3. The number of benzene rings is 1. The van der Waals surface area contributed by atoms with Crippen LogP contribution in [0.25, 0.3) is 0 Å². The SMILES string of the molecule is Cc1nnc(Sc2cccc(C(=O)O)c2)nc1C. The third-order valence-electron chi connectivity index (χ3n) is 2.36. The molecule has 5 nitrogen and oxygen atoms in total. The van der Waals surface area contributed by atoms with Crippen LogP contribution in [0.3, 0.4) is 0 Å². The van der Waals surface area contributed by atoms with Gasteiger partial charge in [0.1, 0.15) is 0 Å². The number of aromatic nitrogens is 3. The summed E-state index contributed by atoms with van der Waals surface area (Å²) >= 11 is 1.29. The van der Waals surface area contributed by atoms with Gasteiger partial charge >= 0.3 is 5.97 Å². The predicted molar refractivity (Wildman–Crippen MR) is 66.8 cm³/mol. The highest BCUT2D eigenvalue weighted by atomic mass is 32.2. The molecule has 2 rings (SSSR count). The molecule has 0 saturated carbocycles. The number of carboxylic acids is 1. The summed E-state index contributed by atoms with van der Waals surface area (Å²) in [6.07, 6.45) is 0. The summed E-state index contributed by atoms with van der Waals surface area (Å²) in [6, 6.07) is 6.65. The summed E-state index contributed by atoms with van der Waals surface area (Å²) in [6.45, 7) is 3.70. The zero-order valence-corrected chi connectivity index (χ0v) is 10.7. The van der Waals surface area contributed by atoms with Gasteiger partial charge in [0.15, 0.2) is 0 Å². The van der Waals surface area contributed by atoms with Crippen molar-refractivity contribution in [3.05, 3.63) is 41.2 Å². The molecule has 0 radical (unpaired) electrons. The third kappa shape index (κ3) is 2.84. The van der Waals surface area contributed by atoms with Crippen LogP contribution in [-0.4, -0.2) is 26.3 Å². The van der Waals surface area contributed by atoms with Crippen LogP contribution in [0.15, 0.2) is 34.3 Å². The van der Waals surface area contributed by atoms with Gasteiger partial charge in [0.2, 0.25) is 5.16 Å². The Morgan fingerprint density at radius 3 is 2.67 bits per heavy atom. The average Bonchev–Trinajstić information content (AvgIpc) is 2.34. The third-order valence-corrected chi connectivity index (χ3v) is 3.21. The standard InChI is InChI=1S/C12H11N3O2S/c1-7-8(2)14-15-12(13-7)18-10-5-3-4-9(6-10)11(16)17/h3-6H,1-2H3,(H,16,17). The maximum Gasteiger partial charge on any atom is 0.335 e. The Morgan fingerprint density at radius 1 is 1.22 bits per heavy atom. The van der Waals surface area contributed by atoms with Crippen molar-refractivity contribution in [1.29, 1.82) is 0 Å². The van der Waals surface area contributed by atoms with E-state index < -0.39 is 5.97 Å². The topological polar surface area (TPSA) is 76.0 Å². The van der Waals surface area contributed by atoms with Gasteiger partial charge in [-0.25, -0.2) is 9.78 Å². The highest BCUT2D eigenvalue weighted by Gasteiger charge is 2.07. The molecular formula is C12H11N3O2S. The van der Waals surface area contributed by atoms with E-state index in [2.05, 4.69) is 15.2 Å². The van der Waals surface area contributed by atoms with Crippen molar-refractivity contribution >= 4 is 17.7 Å². The largest absolute Gasteiger partial charge is 0.478 e. The van der Waals surface area contributed by atoms with E-state index in [-0.39, 0.29) is 5.56 Å². The lowest BCUT2D eigenvalue weighted by atomic mass is 10.2. The van der Waals surface area contributed by atoms with Gasteiger partial charge in [0, 0.05) is 4.90 Å². The summed E-state index contributed by atoms with van der Waals surface area (Å²) in [5.74, 6) is -0.948. The Labute approximate surface area is 108 Å². The van der Waals surface area contributed by atoms with Crippen LogP contribution in [0.2, 0.25) is 0 Å². The van der Waals surface area contributed by atoms with Gasteiger partial charge in [-0.3, -0.25) is 0 Å². The van der Waals surface area contributed by atoms with Crippen molar-refractivity contribution in [2.45, 2.75) is 23.9 Å². The second-order valence-electron chi connectivity index (χ2n) is 3.70. The molecule has 0 amide bonds. The van der Waals surface area contributed by atoms with E-state index in [4.69, 9.17) is 5.11 Å². The Bertz CT molecular complexity index is 602. The summed E-state index contributed by atoms with van der Waals surface area (Å²) in [5, 5.41) is 17.4. The molecule has 0 bridgehead atoms. The first-order valence-electron chi connectivity index (χ1n) is 5.25. The summed E-state index contributed by atoms with van der Waals surface area (Å²) in [5.41, 5.74) is 1.86. The van der Waals surface area contributed by atoms with E-state index >= 15 is 0 Å². The Kier molecular flexibility index (Phi) is 3.57. The first-order valence-corrected chi connectivity index (χ1v) is 6.07. The van der Waals surface area contributed by atoms with Crippen molar-refractivity contribution < 1.29 is 9.90 Å². The van der Waals surface area contributed by atoms with Gasteiger partial charge in [-0.15, -0.1) is 5.10 Å². The normalized spacial score (nSPS) is 10.3. The van der Waals surface area contributed by atoms with E-state index in [9.17, 15) is 4.79 Å². The average molecular weight is 261 g/mol. The second kappa shape index (κ2) is 5.14. The fourth-order valence-electron chi connectivity index (χ4n) is 1.28. The summed E-state index contributed by atoms with van der Waals surface area (Å²) in [4.78, 5) is 15.9. The molecule has 0 unspecified atom stereocenters. The van der Waals surface area contributed by atoms with Crippen LogP contribution in [0, 0.1) is 13.8 Å². The van der Waals surface area contributed by atoms with Crippen LogP contribution in [0.1, 0.15) is 21.7 Å². The maximum atomic E-state index is 10.9. The molecule has 1 aromatic heterocycles. The molecule has 18 heavy (non-hydrogen) atoms. The Balaban J connectivity index is 2.25. The minimum atomic E-state index is -0.948. The number of aryl methyl sites for hydroxylation is 2. The molecule has 0 aliphatic heterocycles. The van der Waals surface area contributed by atoms with Gasteiger partial charge in [-0.05, 0) is 43.8 Å². The maximum absolute atomic E-state index is 10.9. The van der Waals surface area contributed by atoms with Gasteiger partial charge < -0.3 is 5.11 Å². The van der Waals surface area contributed by atoms with Crippen molar-refractivity contribution in [2.75, 3.05) is 0 Å². The van der Waals surface area contributed by atoms with Crippen molar-refractivity contribution in [3.8, 4) is 0 Å². The summed E-state index contributed by atoms with van der Waals surface area (Å²) in [7, 11) is 0. The smallest absolute Gasteiger partial charge is 0.335 e. The molecule has 2 aromatic rings. The predicted octanol–water partition coefficient (Wildman–Crippen LogP) is 2.34. The van der Waals surface area contributed by atoms with E-state index in [0.29, 0.717) is 5.16 Å². The van der Waals surface area contributed by atoms with Crippen molar-refractivity contribution in [3.63, 3.8) is 0 Å². The summed E-state index contributed by atoms with van der Waals surface area (Å²) < 4.78 is 0. The van der Waals surface area contributed by atoms with E-state index in [0.717, 1.165) is 16.3 Å². The second-order valence-corrected chi connectivity index (χ2v) is 4.74. The molecule has 92 valence electrons. The number of hydrogen-bond acceptors (Lipinski definition) is 5. The fourth-order valence-corrected chi connectivity index (χ4v) is 2.09. The number of nitrogens with zero attached hydrogens (tertiary/aromatic N) is 3. The molecule has 6 heteroatoms. The molecular weight excluding hydrogens is 250 g/mol. The minimum Gasteiger partial charge on any atom is -0.478 e. The van der Waals surface area contributed by atoms with E-state index in [1.807, 2.05) is 19.9 Å². The minimum absolute atomic E-state index is 0.247. The molecule has 0 fully saturated rings. The molecule has 0 spiro atoms. The fraction of sp³-hybridized carbons (Fsp3) is 0.167. The van der Waals surface area contributed by atoms with Gasteiger partial charge in [0.25, 0.3) is 0 Å². The lowest BCUT2D eigenvalue weighted by Crippen LogP contribution is -1.98. The van der Waals surface area contributed by atoms with Gasteiger partial charge in [0.05, 0.1) is 17.0 Å².